The molecule has 1 rings (SSSR count). The summed E-state index contributed by atoms with van der Waals surface area (Å²) in [7, 11) is 0. The molecule has 0 saturated carbocycles. The molecular weight excluding hydrogens is 126 g/mol. The molecule has 0 aliphatic carbocycles. The van der Waals surface area contributed by atoms with Crippen LogP contribution < -0.4 is 4.57 Å². The second kappa shape index (κ2) is 4.01. The molecule has 1 heterocycles. The monoisotopic (exact) mass is 139 g/mol. The van der Waals surface area contributed by atoms with Crippen molar-refractivity contribution in [2.75, 3.05) is 0 Å². The highest BCUT2D eigenvalue weighted by Crippen LogP contribution is 1.88. The number of aryl methyl sites for hydroxylation is 2. The number of rotatable bonds is 1. The van der Waals surface area contributed by atoms with E-state index in [0.717, 1.165) is 6.54 Å². The Balaban J connectivity index is 0.000000810. The van der Waals surface area contributed by atoms with Crippen molar-refractivity contribution >= 4 is 0 Å². The van der Waals surface area contributed by atoms with Gasteiger partial charge in [0, 0.05) is 12.1 Å². The van der Waals surface area contributed by atoms with Gasteiger partial charge in [-0.25, -0.2) is 4.57 Å². The lowest BCUT2D eigenvalue weighted by molar-refractivity contribution is -0.693. The molecule has 0 fully saturated rings. The molecule has 0 aliphatic rings. The van der Waals surface area contributed by atoms with E-state index in [9.17, 15) is 0 Å². The van der Waals surface area contributed by atoms with Crippen LogP contribution in [0.1, 0.15) is 12.5 Å². The van der Waals surface area contributed by atoms with Gasteiger partial charge in [0.1, 0.15) is 6.54 Å². The van der Waals surface area contributed by atoms with Gasteiger partial charge in [-0.3, -0.25) is 0 Å². The van der Waals surface area contributed by atoms with E-state index in [-0.39, 0.29) is 5.48 Å². The Morgan fingerprint density at radius 1 is 1.30 bits per heavy atom. The van der Waals surface area contributed by atoms with Crippen LogP contribution in [0, 0.1) is 6.92 Å². The molecular formula is C8H13NO. The summed E-state index contributed by atoms with van der Waals surface area (Å²) in [6.07, 6.45) is 4.19. The van der Waals surface area contributed by atoms with Gasteiger partial charge in [-0.1, -0.05) is 0 Å². The summed E-state index contributed by atoms with van der Waals surface area (Å²) in [5.74, 6) is 0. The third-order valence-corrected chi connectivity index (χ3v) is 1.42. The molecule has 56 valence electrons. The summed E-state index contributed by atoms with van der Waals surface area (Å²) in [5.41, 5.74) is 1.32. The first-order valence-corrected chi connectivity index (χ1v) is 3.28. The third kappa shape index (κ3) is 2.15. The standard InChI is InChI=1S/C8H12N.H2O/c1-3-9-6-4-8(2)5-7-9;/h4-7H,3H2,1-2H3;1H2/q+1;/p-1. The molecule has 0 atom stereocenters. The number of nitrogens with zero attached hydrogens (tertiary/aromatic N) is 1. The first-order valence-electron chi connectivity index (χ1n) is 3.28. The molecule has 2 heteroatoms. The second-order valence-corrected chi connectivity index (χ2v) is 2.21. The fourth-order valence-electron chi connectivity index (χ4n) is 0.743. The quantitative estimate of drug-likeness (QED) is 0.537. The fraction of sp³-hybridized carbons (Fsp3) is 0.375. The Labute approximate surface area is 61.4 Å². The van der Waals surface area contributed by atoms with E-state index in [2.05, 4.69) is 42.9 Å². The Kier molecular flexibility index (Phi) is 3.65. The number of aromatic nitrogens is 1. The second-order valence-electron chi connectivity index (χ2n) is 2.21. The van der Waals surface area contributed by atoms with Gasteiger partial charge in [-0.05, 0) is 19.4 Å². The molecule has 0 unspecified atom stereocenters. The van der Waals surface area contributed by atoms with Crippen LogP contribution in [-0.4, -0.2) is 5.48 Å². The van der Waals surface area contributed by atoms with Crippen molar-refractivity contribution < 1.29 is 10.0 Å². The van der Waals surface area contributed by atoms with E-state index in [4.69, 9.17) is 0 Å². The summed E-state index contributed by atoms with van der Waals surface area (Å²) in [6.45, 7) is 5.29. The van der Waals surface area contributed by atoms with E-state index >= 15 is 0 Å². The van der Waals surface area contributed by atoms with Crippen LogP contribution in [-0.2, 0) is 6.54 Å². The summed E-state index contributed by atoms with van der Waals surface area (Å²) in [5, 5.41) is 0. The minimum atomic E-state index is 0. The zero-order valence-corrected chi connectivity index (χ0v) is 6.41. The lowest BCUT2D eigenvalue weighted by Gasteiger charge is -1.89. The summed E-state index contributed by atoms with van der Waals surface area (Å²) in [6, 6.07) is 4.23. The average molecular weight is 139 g/mol. The first kappa shape index (κ1) is 9.11. The number of hydrogen-bond donors (Lipinski definition) is 0. The molecule has 0 saturated heterocycles. The van der Waals surface area contributed by atoms with Gasteiger partial charge in [-0.15, -0.1) is 0 Å². The van der Waals surface area contributed by atoms with Gasteiger partial charge in [0.2, 0.25) is 0 Å². The lowest BCUT2D eigenvalue weighted by atomic mass is 10.3. The van der Waals surface area contributed by atoms with E-state index < -0.39 is 0 Å². The van der Waals surface area contributed by atoms with Crippen LogP contribution >= 0.6 is 0 Å². The van der Waals surface area contributed by atoms with Crippen molar-refractivity contribution in [3.05, 3.63) is 30.1 Å². The van der Waals surface area contributed by atoms with Crippen molar-refractivity contribution in [1.82, 2.24) is 0 Å². The summed E-state index contributed by atoms with van der Waals surface area (Å²) >= 11 is 0. The molecule has 0 radical (unpaired) electrons. The van der Waals surface area contributed by atoms with Gasteiger partial charge in [-0.2, -0.15) is 0 Å². The smallest absolute Gasteiger partial charge is 0.169 e. The van der Waals surface area contributed by atoms with Crippen LogP contribution in [0.25, 0.3) is 0 Å². The largest absolute Gasteiger partial charge is 0.870 e. The number of hydrogen-bond acceptors (Lipinski definition) is 1. The molecule has 1 aromatic rings. The van der Waals surface area contributed by atoms with Gasteiger partial charge in [0.25, 0.3) is 0 Å². The SMILES string of the molecule is CC[n+]1ccc(C)cc1.[OH-]. The summed E-state index contributed by atoms with van der Waals surface area (Å²) < 4.78 is 2.15. The zero-order chi connectivity index (χ0) is 6.69. The molecule has 0 aromatic carbocycles. The average Bonchev–Trinajstić information content (AvgIpc) is 1.90. The Bertz CT molecular complexity index is 181. The molecule has 0 bridgehead atoms. The highest BCUT2D eigenvalue weighted by atomic mass is 16.0. The van der Waals surface area contributed by atoms with E-state index in [1.165, 1.54) is 5.56 Å². The maximum atomic E-state index is 2.15. The van der Waals surface area contributed by atoms with Crippen LogP contribution in [0.5, 0.6) is 0 Å². The van der Waals surface area contributed by atoms with Crippen molar-refractivity contribution in [3.63, 3.8) is 0 Å². The molecule has 0 spiro atoms. The molecule has 2 nitrogen and oxygen atoms in total. The molecule has 0 amide bonds. The van der Waals surface area contributed by atoms with Crippen molar-refractivity contribution in [2.45, 2.75) is 20.4 Å². The van der Waals surface area contributed by atoms with Gasteiger partial charge < -0.3 is 5.48 Å². The summed E-state index contributed by atoms with van der Waals surface area (Å²) in [4.78, 5) is 0. The zero-order valence-electron chi connectivity index (χ0n) is 6.41. The predicted octanol–water partition coefficient (Wildman–Crippen LogP) is 1.13. The Morgan fingerprint density at radius 2 is 1.80 bits per heavy atom. The maximum Gasteiger partial charge on any atom is 0.169 e. The van der Waals surface area contributed by atoms with E-state index in [1.807, 2.05) is 0 Å². The van der Waals surface area contributed by atoms with Crippen molar-refractivity contribution in [1.29, 1.82) is 0 Å². The Morgan fingerprint density at radius 3 is 2.20 bits per heavy atom. The fourth-order valence-corrected chi connectivity index (χ4v) is 0.743. The van der Waals surface area contributed by atoms with Crippen LogP contribution in [0.4, 0.5) is 0 Å². The van der Waals surface area contributed by atoms with Crippen LogP contribution in [0.3, 0.4) is 0 Å². The molecule has 10 heavy (non-hydrogen) atoms. The van der Waals surface area contributed by atoms with Crippen molar-refractivity contribution in [2.24, 2.45) is 0 Å². The highest BCUT2D eigenvalue weighted by molar-refractivity contribution is 5.02. The molecule has 1 N–H and O–H groups in total. The highest BCUT2D eigenvalue weighted by Gasteiger charge is 1.90. The van der Waals surface area contributed by atoms with E-state index in [1.54, 1.807) is 0 Å². The van der Waals surface area contributed by atoms with Gasteiger partial charge >= 0.3 is 0 Å². The molecule has 1 aromatic heterocycles. The van der Waals surface area contributed by atoms with Gasteiger partial charge in [0.05, 0.1) is 0 Å². The van der Waals surface area contributed by atoms with Crippen molar-refractivity contribution in [3.8, 4) is 0 Å². The van der Waals surface area contributed by atoms with Crippen LogP contribution in [0.15, 0.2) is 24.5 Å². The molecule has 0 aliphatic heterocycles. The normalized spacial score (nSPS) is 8.60. The topological polar surface area (TPSA) is 33.9 Å². The first-order chi connectivity index (χ1) is 4.33. The Hall–Kier alpha value is -0.890. The predicted molar refractivity (Wildman–Crippen MR) is 39.0 cm³/mol. The minimum absolute atomic E-state index is 0. The maximum absolute atomic E-state index is 2.15. The lowest BCUT2D eigenvalue weighted by Crippen LogP contribution is -2.30. The minimum Gasteiger partial charge on any atom is -0.870 e. The van der Waals surface area contributed by atoms with Crippen LogP contribution in [0.2, 0.25) is 0 Å². The van der Waals surface area contributed by atoms with E-state index in [0.29, 0.717) is 0 Å². The van der Waals surface area contributed by atoms with Gasteiger partial charge in [0.15, 0.2) is 12.4 Å². The third-order valence-electron chi connectivity index (χ3n) is 1.42. The number of pyridine rings is 1.